The molecule has 156 valence electrons. The SMILES string of the molecule is Cc1cccc(NC(=O)C(Cc2c[nH]c3ccccc23)NC(=O)Oc2ccccc2)c1. The number of rotatable bonds is 6. The average molecular weight is 413 g/mol. The molecule has 3 N–H and O–H groups in total. The maximum Gasteiger partial charge on any atom is 0.413 e. The number of aromatic amines is 1. The summed E-state index contributed by atoms with van der Waals surface area (Å²) in [6.07, 6.45) is 1.49. The second-order valence-electron chi connectivity index (χ2n) is 7.32. The van der Waals surface area contributed by atoms with Gasteiger partial charge >= 0.3 is 6.09 Å². The van der Waals surface area contributed by atoms with Gasteiger partial charge in [-0.15, -0.1) is 0 Å². The minimum Gasteiger partial charge on any atom is -0.410 e. The van der Waals surface area contributed by atoms with Gasteiger partial charge in [0.2, 0.25) is 5.91 Å². The van der Waals surface area contributed by atoms with Crippen LogP contribution in [-0.4, -0.2) is 23.0 Å². The van der Waals surface area contributed by atoms with Gasteiger partial charge in [-0.1, -0.05) is 48.5 Å². The molecule has 0 fully saturated rings. The van der Waals surface area contributed by atoms with Crippen LogP contribution in [0.5, 0.6) is 5.75 Å². The number of hydrogen-bond acceptors (Lipinski definition) is 3. The van der Waals surface area contributed by atoms with Gasteiger partial charge in [0.05, 0.1) is 0 Å². The van der Waals surface area contributed by atoms with Gasteiger partial charge in [0.15, 0.2) is 0 Å². The topological polar surface area (TPSA) is 83.2 Å². The smallest absolute Gasteiger partial charge is 0.410 e. The van der Waals surface area contributed by atoms with Crippen molar-refractivity contribution in [1.82, 2.24) is 10.3 Å². The Bertz CT molecular complexity index is 1200. The first-order valence-corrected chi connectivity index (χ1v) is 10.0. The third-order valence-electron chi connectivity index (χ3n) is 4.95. The summed E-state index contributed by atoms with van der Waals surface area (Å²) >= 11 is 0. The number of aryl methyl sites for hydroxylation is 1. The zero-order valence-corrected chi connectivity index (χ0v) is 17.1. The van der Waals surface area contributed by atoms with Crippen molar-refractivity contribution < 1.29 is 14.3 Å². The Morgan fingerprint density at radius 3 is 2.55 bits per heavy atom. The number of carbonyl (C=O) groups excluding carboxylic acids is 2. The second-order valence-corrected chi connectivity index (χ2v) is 7.32. The number of para-hydroxylation sites is 2. The highest BCUT2D eigenvalue weighted by atomic mass is 16.6. The summed E-state index contributed by atoms with van der Waals surface area (Å²) in [6, 6.07) is 23.3. The van der Waals surface area contributed by atoms with E-state index in [-0.39, 0.29) is 5.91 Å². The molecule has 31 heavy (non-hydrogen) atoms. The molecule has 0 bridgehead atoms. The van der Waals surface area contributed by atoms with Crippen molar-refractivity contribution in [2.75, 3.05) is 5.32 Å². The first-order valence-electron chi connectivity index (χ1n) is 10.0. The van der Waals surface area contributed by atoms with Gasteiger partial charge in [-0.05, 0) is 48.4 Å². The Kier molecular flexibility index (Phi) is 5.98. The molecule has 0 saturated carbocycles. The molecule has 4 rings (SSSR count). The van der Waals surface area contributed by atoms with E-state index in [1.165, 1.54) is 0 Å². The average Bonchev–Trinajstić information content (AvgIpc) is 3.17. The molecule has 0 aliphatic carbocycles. The summed E-state index contributed by atoms with van der Waals surface area (Å²) in [4.78, 5) is 28.8. The molecule has 0 saturated heterocycles. The van der Waals surface area contributed by atoms with Crippen LogP contribution in [0, 0.1) is 6.92 Å². The number of H-pyrrole nitrogens is 1. The highest BCUT2D eigenvalue weighted by molar-refractivity contribution is 5.97. The summed E-state index contributed by atoms with van der Waals surface area (Å²) in [7, 11) is 0. The molecular formula is C25H23N3O3. The lowest BCUT2D eigenvalue weighted by Gasteiger charge is -2.18. The number of benzene rings is 3. The van der Waals surface area contributed by atoms with Crippen LogP contribution in [0.25, 0.3) is 10.9 Å². The van der Waals surface area contributed by atoms with Crippen molar-refractivity contribution in [1.29, 1.82) is 0 Å². The van der Waals surface area contributed by atoms with E-state index >= 15 is 0 Å². The Morgan fingerprint density at radius 2 is 1.74 bits per heavy atom. The van der Waals surface area contributed by atoms with E-state index in [0.29, 0.717) is 17.9 Å². The lowest BCUT2D eigenvalue weighted by atomic mass is 10.0. The van der Waals surface area contributed by atoms with Gasteiger partial charge in [-0.25, -0.2) is 4.79 Å². The molecule has 6 heteroatoms. The van der Waals surface area contributed by atoms with E-state index in [9.17, 15) is 9.59 Å². The monoisotopic (exact) mass is 413 g/mol. The molecule has 2 amide bonds. The molecule has 0 radical (unpaired) electrons. The van der Waals surface area contributed by atoms with Gasteiger partial charge in [-0.2, -0.15) is 0 Å². The number of amides is 2. The third kappa shape index (κ3) is 5.11. The fourth-order valence-electron chi connectivity index (χ4n) is 3.45. The zero-order valence-electron chi connectivity index (χ0n) is 17.1. The summed E-state index contributed by atoms with van der Waals surface area (Å²) in [6.45, 7) is 1.95. The Hall–Kier alpha value is -4.06. The van der Waals surface area contributed by atoms with E-state index < -0.39 is 12.1 Å². The van der Waals surface area contributed by atoms with Crippen LogP contribution < -0.4 is 15.4 Å². The molecule has 1 aromatic heterocycles. The largest absolute Gasteiger partial charge is 0.413 e. The number of nitrogens with one attached hydrogen (secondary N) is 3. The Labute approximate surface area is 180 Å². The number of fused-ring (bicyclic) bond motifs is 1. The summed E-state index contributed by atoms with van der Waals surface area (Å²) in [5.74, 6) is 0.0887. The number of aromatic nitrogens is 1. The summed E-state index contributed by atoms with van der Waals surface area (Å²) < 4.78 is 5.33. The molecule has 4 aromatic rings. The molecule has 0 spiro atoms. The van der Waals surface area contributed by atoms with Crippen molar-refractivity contribution >= 4 is 28.6 Å². The quantitative estimate of drug-likeness (QED) is 0.424. The highest BCUT2D eigenvalue weighted by Gasteiger charge is 2.24. The van der Waals surface area contributed by atoms with Crippen molar-refractivity contribution in [3.05, 3.63) is 96.2 Å². The van der Waals surface area contributed by atoms with Crippen LogP contribution in [0.3, 0.4) is 0 Å². The van der Waals surface area contributed by atoms with Crippen LogP contribution in [-0.2, 0) is 11.2 Å². The minimum absolute atomic E-state index is 0.311. The predicted octanol–water partition coefficient (Wildman–Crippen LogP) is 4.81. The van der Waals surface area contributed by atoms with Gasteiger partial charge in [0.25, 0.3) is 0 Å². The standard InChI is InChI=1S/C25H23N3O3/c1-17-8-7-9-19(14-17)27-24(29)23(28-25(30)31-20-10-3-2-4-11-20)15-18-16-26-22-13-6-5-12-21(18)22/h2-14,16,23,26H,15H2,1H3,(H,27,29)(H,28,30). The summed E-state index contributed by atoms with van der Waals surface area (Å²) in [5, 5.41) is 6.62. The first kappa shape index (κ1) is 20.2. The number of anilines is 1. The van der Waals surface area contributed by atoms with E-state index in [2.05, 4.69) is 15.6 Å². The number of ether oxygens (including phenoxy) is 1. The maximum absolute atomic E-state index is 13.1. The molecular weight excluding hydrogens is 390 g/mol. The highest BCUT2D eigenvalue weighted by Crippen LogP contribution is 2.20. The van der Waals surface area contributed by atoms with Crippen LogP contribution in [0.15, 0.2) is 85.1 Å². The lowest BCUT2D eigenvalue weighted by molar-refractivity contribution is -0.118. The zero-order chi connectivity index (χ0) is 21.6. The molecule has 6 nitrogen and oxygen atoms in total. The molecule has 3 aromatic carbocycles. The Morgan fingerprint density at radius 1 is 0.968 bits per heavy atom. The van der Waals surface area contributed by atoms with Crippen LogP contribution in [0.1, 0.15) is 11.1 Å². The van der Waals surface area contributed by atoms with Gasteiger partial charge in [-0.3, -0.25) is 4.79 Å². The molecule has 1 atom stereocenters. The van der Waals surface area contributed by atoms with Gasteiger partial charge in [0.1, 0.15) is 11.8 Å². The maximum atomic E-state index is 13.1. The molecule has 0 aliphatic heterocycles. The van der Waals surface area contributed by atoms with Crippen molar-refractivity contribution in [2.24, 2.45) is 0 Å². The van der Waals surface area contributed by atoms with Gasteiger partial charge < -0.3 is 20.4 Å². The van der Waals surface area contributed by atoms with Crippen molar-refractivity contribution in [3.63, 3.8) is 0 Å². The molecule has 1 unspecified atom stereocenters. The van der Waals surface area contributed by atoms with E-state index in [1.54, 1.807) is 24.3 Å². The fraction of sp³-hybridized carbons (Fsp3) is 0.120. The molecule has 0 aliphatic rings. The van der Waals surface area contributed by atoms with Crippen molar-refractivity contribution in [3.8, 4) is 5.75 Å². The minimum atomic E-state index is -0.823. The van der Waals surface area contributed by atoms with Gasteiger partial charge in [0, 0.05) is 29.2 Å². The lowest BCUT2D eigenvalue weighted by Crippen LogP contribution is -2.46. The normalized spacial score (nSPS) is 11.6. The number of carbonyl (C=O) groups is 2. The van der Waals surface area contributed by atoms with Crippen LogP contribution in [0.2, 0.25) is 0 Å². The second kappa shape index (κ2) is 9.17. The predicted molar refractivity (Wildman–Crippen MR) is 121 cm³/mol. The number of hydrogen-bond donors (Lipinski definition) is 3. The van der Waals surface area contributed by atoms with Crippen LogP contribution >= 0.6 is 0 Å². The Balaban J connectivity index is 1.54. The summed E-state index contributed by atoms with van der Waals surface area (Å²) in [5.41, 5.74) is 3.61. The van der Waals surface area contributed by atoms with E-state index in [1.807, 2.05) is 67.7 Å². The van der Waals surface area contributed by atoms with E-state index in [4.69, 9.17) is 4.74 Å². The van der Waals surface area contributed by atoms with Crippen molar-refractivity contribution in [2.45, 2.75) is 19.4 Å². The molecule has 1 heterocycles. The van der Waals surface area contributed by atoms with E-state index in [0.717, 1.165) is 22.0 Å². The van der Waals surface area contributed by atoms with Crippen LogP contribution in [0.4, 0.5) is 10.5 Å². The first-order chi connectivity index (χ1) is 15.1. The fourth-order valence-corrected chi connectivity index (χ4v) is 3.45. The third-order valence-corrected chi connectivity index (χ3v) is 4.95.